The number of isocyanates is 1. The summed E-state index contributed by atoms with van der Waals surface area (Å²) in [5.74, 6) is -0.680. The Kier molecular flexibility index (Phi) is 6.19. The van der Waals surface area contributed by atoms with Gasteiger partial charge >= 0.3 is 5.97 Å². The Morgan fingerprint density at radius 1 is 1.54 bits per heavy atom. The second kappa shape index (κ2) is 7.06. The van der Waals surface area contributed by atoms with E-state index in [1.165, 1.54) is 6.08 Å². The zero-order valence-corrected chi connectivity index (χ0v) is 7.41. The Balaban J connectivity index is 3.61. The van der Waals surface area contributed by atoms with Gasteiger partial charge in [0, 0.05) is 0 Å². The topological polar surface area (TPSA) is 65.0 Å². The van der Waals surface area contributed by atoms with Crippen LogP contribution in [0.5, 0.6) is 0 Å². The monoisotopic (exact) mass is 185 g/mol. The van der Waals surface area contributed by atoms with E-state index in [1.807, 2.05) is 0 Å². The number of nitrogens with zero attached hydrogens (tertiary/aromatic N) is 1. The number of rotatable bonds is 6. The number of carbonyl (C=O) groups is 1. The van der Waals surface area contributed by atoms with Crippen LogP contribution < -0.4 is 0 Å². The van der Waals surface area contributed by atoms with Crippen molar-refractivity contribution < 1.29 is 19.1 Å². The van der Waals surface area contributed by atoms with Gasteiger partial charge in [-0.05, 0) is 13.5 Å². The van der Waals surface area contributed by atoms with Gasteiger partial charge in [0.15, 0.2) is 5.76 Å². The van der Waals surface area contributed by atoms with Gasteiger partial charge in [-0.1, -0.05) is 0 Å². The molecular weight excluding hydrogens is 174 g/mol. The van der Waals surface area contributed by atoms with Crippen LogP contribution >= 0.6 is 0 Å². The van der Waals surface area contributed by atoms with Crippen LogP contribution in [0.4, 0.5) is 0 Å². The highest BCUT2D eigenvalue weighted by Crippen LogP contribution is 1.96. The van der Waals surface area contributed by atoms with E-state index < -0.39 is 5.97 Å². The van der Waals surface area contributed by atoms with Gasteiger partial charge in [-0.15, -0.1) is 0 Å². The van der Waals surface area contributed by atoms with Crippen molar-refractivity contribution in [1.29, 1.82) is 0 Å². The van der Waals surface area contributed by atoms with Crippen molar-refractivity contribution in [2.24, 2.45) is 4.99 Å². The molecule has 0 aromatic carbocycles. The highest BCUT2D eigenvalue weighted by atomic mass is 16.6. The van der Waals surface area contributed by atoms with E-state index in [0.29, 0.717) is 0 Å². The Labute approximate surface area is 76.0 Å². The van der Waals surface area contributed by atoms with Crippen LogP contribution in [0.3, 0.4) is 0 Å². The smallest absolute Gasteiger partial charge is 0.372 e. The van der Waals surface area contributed by atoms with Crippen molar-refractivity contribution in [3.8, 4) is 0 Å². The van der Waals surface area contributed by atoms with Crippen LogP contribution in [-0.2, 0) is 19.1 Å². The summed E-state index contributed by atoms with van der Waals surface area (Å²) in [6, 6.07) is 0. The van der Waals surface area contributed by atoms with Gasteiger partial charge in [-0.3, -0.25) is 0 Å². The third-order valence-electron chi connectivity index (χ3n) is 1.05. The molecule has 0 N–H and O–H groups in total. The Morgan fingerprint density at radius 2 is 2.23 bits per heavy atom. The summed E-state index contributed by atoms with van der Waals surface area (Å²) < 4.78 is 9.41. The molecule has 0 aliphatic rings. The number of carbonyl (C=O) groups excluding carboxylic acids is 2. The first-order chi connectivity index (χ1) is 6.22. The molecule has 0 unspecified atom stereocenters. The van der Waals surface area contributed by atoms with Gasteiger partial charge in [0.2, 0.25) is 6.08 Å². The second-order valence-electron chi connectivity index (χ2n) is 1.97. The maximum absolute atomic E-state index is 10.9. The van der Waals surface area contributed by atoms with Crippen LogP contribution in [0.1, 0.15) is 6.92 Å². The standard InChI is InChI=1S/C8H11NO4/c1-3-12-8(11)7(2)13-5-4-9-6-10/h2-5H2,1H3. The van der Waals surface area contributed by atoms with Gasteiger partial charge in [-0.2, -0.15) is 0 Å². The number of hydrogen-bond acceptors (Lipinski definition) is 5. The number of hydrogen-bond donors (Lipinski definition) is 0. The van der Waals surface area contributed by atoms with Crippen molar-refractivity contribution >= 4 is 12.0 Å². The van der Waals surface area contributed by atoms with Gasteiger partial charge < -0.3 is 9.47 Å². The van der Waals surface area contributed by atoms with E-state index in [1.54, 1.807) is 6.92 Å². The fraction of sp³-hybridized carbons (Fsp3) is 0.500. The van der Waals surface area contributed by atoms with Crippen LogP contribution in [0.15, 0.2) is 17.3 Å². The molecule has 0 radical (unpaired) electrons. The molecule has 72 valence electrons. The lowest BCUT2D eigenvalue weighted by Crippen LogP contribution is -2.10. The van der Waals surface area contributed by atoms with Gasteiger partial charge in [-0.25, -0.2) is 14.6 Å². The second-order valence-corrected chi connectivity index (χ2v) is 1.97. The minimum absolute atomic E-state index is 0.0806. The first-order valence-electron chi connectivity index (χ1n) is 3.74. The van der Waals surface area contributed by atoms with Crippen LogP contribution in [-0.4, -0.2) is 31.8 Å². The Bertz CT molecular complexity index is 230. The summed E-state index contributed by atoms with van der Waals surface area (Å²) in [7, 11) is 0. The summed E-state index contributed by atoms with van der Waals surface area (Å²) >= 11 is 0. The van der Waals surface area contributed by atoms with E-state index in [9.17, 15) is 9.59 Å². The first kappa shape index (κ1) is 11.4. The molecule has 0 fully saturated rings. The molecule has 0 amide bonds. The molecule has 0 saturated carbocycles. The largest absolute Gasteiger partial charge is 0.485 e. The predicted octanol–water partition coefficient (Wildman–Crippen LogP) is 0.416. The van der Waals surface area contributed by atoms with Gasteiger partial charge in [0.05, 0.1) is 13.2 Å². The van der Waals surface area contributed by atoms with E-state index in [-0.39, 0.29) is 25.5 Å². The lowest BCUT2D eigenvalue weighted by molar-refractivity contribution is -0.142. The minimum atomic E-state index is -0.599. The van der Waals surface area contributed by atoms with Crippen LogP contribution in [0.2, 0.25) is 0 Å². The van der Waals surface area contributed by atoms with E-state index in [4.69, 9.17) is 4.74 Å². The van der Waals surface area contributed by atoms with Crippen molar-refractivity contribution in [3.05, 3.63) is 12.3 Å². The molecule has 0 heterocycles. The predicted molar refractivity (Wildman–Crippen MR) is 44.7 cm³/mol. The summed E-state index contributed by atoms with van der Waals surface area (Å²) in [5.41, 5.74) is 0. The molecule has 0 saturated heterocycles. The van der Waals surface area contributed by atoms with Crippen molar-refractivity contribution in [3.63, 3.8) is 0 Å². The molecule has 13 heavy (non-hydrogen) atoms. The average molecular weight is 185 g/mol. The normalized spacial score (nSPS) is 8.38. The molecule has 5 nitrogen and oxygen atoms in total. The molecule has 0 rings (SSSR count). The van der Waals surface area contributed by atoms with Gasteiger partial charge in [0.25, 0.3) is 0 Å². The highest BCUT2D eigenvalue weighted by molar-refractivity contribution is 5.85. The summed E-state index contributed by atoms with van der Waals surface area (Å²) in [4.78, 5) is 23.7. The third kappa shape index (κ3) is 5.64. The number of aliphatic imine (C=N–C) groups is 1. The zero-order chi connectivity index (χ0) is 10.1. The quantitative estimate of drug-likeness (QED) is 0.150. The summed E-state index contributed by atoms with van der Waals surface area (Å²) in [6.07, 6.45) is 1.34. The van der Waals surface area contributed by atoms with Crippen LogP contribution in [0, 0.1) is 0 Å². The molecule has 5 heteroatoms. The molecule has 0 aromatic rings. The molecular formula is C8H11NO4. The van der Waals surface area contributed by atoms with Crippen molar-refractivity contribution in [2.45, 2.75) is 6.92 Å². The lowest BCUT2D eigenvalue weighted by atomic mass is 10.5. The molecule has 0 aromatic heterocycles. The average Bonchev–Trinajstić information content (AvgIpc) is 2.12. The molecule has 0 aliphatic heterocycles. The summed E-state index contributed by atoms with van der Waals surface area (Å²) in [5, 5.41) is 0. The van der Waals surface area contributed by atoms with E-state index >= 15 is 0 Å². The SMILES string of the molecule is C=C(OCCN=C=O)C(=O)OCC. The van der Waals surface area contributed by atoms with Crippen LogP contribution in [0.25, 0.3) is 0 Å². The van der Waals surface area contributed by atoms with Crippen molar-refractivity contribution in [2.75, 3.05) is 19.8 Å². The maximum atomic E-state index is 10.9. The van der Waals surface area contributed by atoms with E-state index in [0.717, 1.165) is 0 Å². The Morgan fingerprint density at radius 3 is 2.77 bits per heavy atom. The first-order valence-corrected chi connectivity index (χ1v) is 3.74. The van der Waals surface area contributed by atoms with Crippen molar-refractivity contribution in [1.82, 2.24) is 0 Å². The highest BCUT2D eigenvalue weighted by Gasteiger charge is 2.07. The lowest BCUT2D eigenvalue weighted by Gasteiger charge is -2.05. The molecule has 0 aliphatic carbocycles. The number of esters is 1. The molecule has 0 spiro atoms. The zero-order valence-electron chi connectivity index (χ0n) is 7.41. The fourth-order valence-electron chi connectivity index (χ4n) is 0.531. The van der Waals surface area contributed by atoms with Gasteiger partial charge in [0.1, 0.15) is 6.61 Å². The fourth-order valence-corrected chi connectivity index (χ4v) is 0.531. The maximum Gasteiger partial charge on any atom is 0.372 e. The Hall–Kier alpha value is -1.61. The minimum Gasteiger partial charge on any atom is -0.485 e. The summed E-state index contributed by atoms with van der Waals surface area (Å²) in [6.45, 7) is 5.56. The third-order valence-corrected chi connectivity index (χ3v) is 1.05. The molecule has 0 bridgehead atoms. The number of ether oxygens (including phenoxy) is 2. The van der Waals surface area contributed by atoms with E-state index in [2.05, 4.69) is 16.3 Å². The molecule has 0 atom stereocenters.